The Morgan fingerprint density at radius 2 is 1.62 bits per heavy atom. The fraction of sp³-hybridized carbons (Fsp3) is 0.250. The molecule has 1 unspecified atom stereocenters. The molecule has 21 heavy (non-hydrogen) atoms. The molecular weight excluding hydrogens is 306 g/mol. The van der Waals surface area contributed by atoms with Crippen molar-refractivity contribution in [1.82, 2.24) is 0 Å². The maximum absolute atomic E-state index is 6.34. The van der Waals surface area contributed by atoms with Crippen LogP contribution >= 0.6 is 23.4 Å². The van der Waals surface area contributed by atoms with E-state index in [1.807, 2.05) is 24.5 Å². The van der Waals surface area contributed by atoms with Crippen LogP contribution in [0.5, 0.6) is 11.5 Å². The Kier molecular flexibility index (Phi) is 5.39. The SMILES string of the molecule is COc1cc(Cl)c(C(N)c2ccc(SC)cc2)cc1OC. The van der Waals surface area contributed by atoms with Gasteiger partial charge in [0.1, 0.15) is 0 Å². The average molecular weight is 324 g/mol. The van der Waals surface area contributed by atoms with Crippen molar-refractivity contribution < 1.29 is 9.47 Å². The predicted molar refractivity (Wildman–Crippen MR) is 88.8 cm³/mol. The molecule has 2 aromatic carbocycles. The van der Waals surface area contributed by atoms with Crippen LogP contribution in [0.3, 0.4) is 0 Å². The lowest BCUT2D eigenvalue weighted by Gasteiger charge is -2.17. The number of methoxy groups -OCH3 is 2. The largest absolute Gasteiger partial charge is 0.493 e. The van der Waals surface area contributed by atoms with Crippen molar-refractivity contribution in [3.63, 3.8) is 0 Å². The zero-order valence-electron chi connectivity index (χ0n) is 12.2. The molecule has 5 heteroatoms. The van der Waals surface area contributed by atoms with Crippen molar-refractivity contribution in [1.29, 1.82) is 0 Å². The average Bonchev–Trinajstić information content (AvgIpc) is 2.54. The number of nitrogens with two attached hydrogens (primary N) is 1. The van der Waals surface area contributed by atoms with Crippen LogP contribution in [0.1, 0.15) is 17.2 Å². The summed E-state index contributed by atoms with van der Waals surface area (Å²) in [7, 11) is 3.17. The van der Waals surface area contributed by atoms with E-state index in [4.69, 9.17) is 26.8 Å². The molecule has 1 atom stereocenters. The van der Waals surface area contributed by atoms with Crippen molar-refractivity contribution in [2.75, 3.05) is 20.5 Å². The molecule has 0 saturated heterocycles. The molecule has 0 aliphatic rings. The molecule has 0 fully saturated rings. The molecule has 2 aromatic rings. The second kappa shape index (κ2) is 7.07. The Morgan fingerprint density at radius 3 is 2.14 bits per heavy atom. The number of rotatable bonds is 5. The molecule has 0 heterocycles. The molecular formula is C16H18ClNO2S. The van der Waals surface area contributed by atoms with Crippen molar-refractivity contribution in [3.05, 3.63) is 52.5 Å². The highest BCUT2D eigenvalue weighted by molar-refractivity contribution is 7.98. The van der Waals surface area contributed by atoms with Crippen LogP contribution in [0.25, 0.3) is 0 Å². The summed E-state index contributed by atoms with van der Waals surface area (Å²) in [5, 5.41) is 0.564. The molecule has 2 rings (SSSR count). The third-order valence-electron chi connectivity index (χ3n) is 3.31. The molecule has 0 spiro atoms. The Morgan fingerprint density at radius 1 is 1.05 bits per heavy atom. The van der Waals surface area contributed by atoms with Crippen LogP contribution in [0.15, 0.2) is 41.3 Å². The van der Waals surface area contributed by atoms with Gasteiger partial charge in [-0.05, 0) is 35.6 Å². The van der Waals surface area contributed by atoms with Gasteiger partial charge < -0.3 is 15.2 Å². The van der Waals surface area contributed by atoms with Gasteiger partial charge in [0.05, 0.1) is 20.3 Å². The summed E-state index contributed by atoms with van der Waals surface area (Å²) in [5.41, 5.74) is 8.15. The lowest BCUT2D eigenvalue weighted by Crippen LogP contribution is -2.12. The van der Waals surface area contributed by atoms with Crippen LogP contribution in [0, 0.1) is 0 Å². The first kappa shape index (κ1) is 16.0. The topological polar surface area (TPSA) is 44.5 Å². The van der Waals surface area contributed by atoms with E-state index in [0.717, 1.165) is 11.1 Å². The summed E-state index contributed by atoms with van der Waals surface area (Å²) in [6.45, 7) is 0. The Labute approximate surface area is 134 Å². The molecule has 0 aliphatic heterocycles. The molecule has 0 aromatic heterocycles. The molecule has 2 N–H and O–H groups in total. The highest BCUT2D eigenvalue weighted by atomic mass is 35.5. The zero-order chi connectivity index (χ0) is 15.4. The van der Waals surface area contributed by atoms with Crippen LogP contribution in [0.4, 0.5) is 0 Å². The first-order chi connectivity index (χ1) is 10.1. The van der Waals surface area contributed by atoms with E-state index >= 15 is 0 Å². The summed E-state index contributed by atoms with van der Waals surface area (Å²) in [5.74, 6) is 1.21. The van der Waals surface area contributed by atoms with Crippen LogP contribution in [-0.2, 0) is 0 Å². The van der Waals surface area contributed by atoms with E-state index in [-0.39, 0.29) is 6.04 Å². The predicted octanol–water partition coefficient (Wildman–Crippen LogP) is 4.13. The number of thioether (sulfide) groups is 1. The quantitative estimate of drug-likeness (QED) is 0.840. The monoisotopic (exact) mass is 323 g/mol. The van der Waals surface area contributed by atoms with Crippen LogP contribution < -0.4 is 15.2 Å². The van der Waals surface area contributed by atoms with E-state index in [1.165, 1.54) is 4.90 Å². The molecule has 3 nitrogen and oxygen atoms in total. The van der Waals surface area contributed by atoms with Gasteiger partial charge in [0, 0.05) is 16.0 Å². The van der Waals surface area contributed by atoms with E-state index < -0.39 is 0 Å². The maximum Gasteiger partial charge on any atom is 0.162 e. The highest BCUT2D eigenvalue weighted by Crippen LogP contribution is 2.37. The molecule has 0 saturated carbocycles. The van der Waals surface area contributed by atoms with Gasteiger partial charge >= 0.3 is 0 Å². The fourth-order valence-electron chi connectivity index (χ4n) is 2.10. The Bertz CT molecular complexity index is 616. The highest BCUT2D eigenvalue weighted by Gasteiger charge is 2.17. The summed E-state index contributed by atoms with van der Waals surface area (Å²) in [4.78, 5) is 1.20. The second-order valence-corrected chi connectivity index (χ2v) is 5.77. The zero-order valence-corrected chi connectivity index (χ0v) is 13.8. The molecule has 112 valence electrons. The number of hydrogen-bond acceptors (Lipinski definition) is 4. The summed E-state index contributed by atoms with van der Waals surface area (Å²) >= 11 is 8.02. The summed E-state index contributed by atoms with van der Waals surface area (Å²) < 4.78 is 10.5. The third kappa shape index (κ3) is 3.46. The van der Waals surface area contributed by atoms with Crippen molar-refractivity contribution >= 4 is 23.4 Å². The number of benzene rings is 2. The van der Waals surface area contributed by atoms with E-state index in [0.29, 0.717) is 16.5 Å². The minimum absolute atomic E-state index is 0.312. The number of halogens is 1. The van der Waals surface area contributed by atoms with Gasteiger partial charge in [-0.2, -0.15) is 0 Å². The van der Waals surface area contributed by atoms with Gasteiger partial charge in [0.25, 0.3) is 0 Å². The first-order valence-electron chi connectivity index (χ1n) is 6.41. The van der Waals surface area contributed by atoms with Crippen molar-refractivity contribution in [3.8, 4) is 11.5 Å². The van der Waals surface area contributed by atoms with Gasteiger partial charge in [0.2, 0.25) is 0 Å². The van der Waals surface area contributed by atoms with Crippen LogP contribution in [0.2, 0.25) is 5.02 Å². The van der Waals surface area contributed by atoms with Crippen molar-refractivity contribution in [2.45, 2.75) is 10.9 Å². The molecule has 0 bridgehead atoms. The van der Waals surface area contributed by atoms with Gasteiger partial charge in [0.15, 0.2) is 11.5 Å². The van der Waals surface area contributed by atoms with Crippen molar-refractivity contribution in [2.24, 2.45) is 5.73 Å². The lowest BCUT2D eigenvalue weighted by atomic mass is 9.99. The minimum atomic E-state index is -0.312. The Balaban J connectivity index is 2.39. The number of ether oxygens (including phenoxy) is 2. The van der Waals surface area contributed by atoms with Gasteiger partial charge in [-0.15, -0.1) is 11.8 Å². The van der Waals surface area contributed by atoms with Crippen LogP contribution in [-0.4, -0.2) is 20.5 Å². The number of hydrogen-bond donors (Lipinski definition) is 1. The lowest BCUT2D eigenvalue weighted by molar-refractivity contribution is 0.354. The first-order valence-corrected chi connectivity index (χ1v) is 8.02. The van der Waals surface area contributed by atoms with Gasteiger partial charge in [-0.25, -0.2) is 0 Å². The van der Waals surface area contributed by atoms with E-state index in [1.54, 1.807) is 32.0 Å². The molecule has 0 amide bonds. The minimum Gasteiger partial charge on any atom is -0.493 e. The summed E-state index contributed by atoms with van der Waals surface area (Å²) in [6, 6.07) is 11.4. The molecule has 0 aliphatic carbocycles. The second-order valence-electron chi connectivity index (χ2n) is 4.48. The Hall–Kier alpha value is -1.36. The van der Waals surface area contributed by atoms with E-state index in [9.17, 15) is 0 Å². The molecule has 0 radical (unpaired) electrons. The van der Waals surface area contributed by atoms with Gasteiger partial charge in [-0.1, -0.05) is 23.7 Å². The smallest absolute Gasteiger partial charge is 0.162 e. The normalized spacial score (nSPS) is 12.0. The maximum atomic E-state index is 6.34. The standard InChI is InChI=1S/C16H18ClNO2S/c1-19-14-8-12(13(17)9-15(14)20-2)16(18)10-4-6-11(21-3)7-5-10/h4-9,16H,18H2,1-3H3. The van der Waals surface area contributed by atoms with Gasteiger partial charge in [-0.3, -0.25) is 0 Å². The fourth-order valence-corrected chi connectivity index (χ4v) is 2.78. The van der Waals surface area contributed by atoms with E-state index in [2.05, 4.69) is 12.1 Å². The summed E-state index contributed by atoms with van der Waals surface area (Å²) in [6.07, 6.45) is 2.04. The third-order valence-corrected chi connectivity index (χ3v) is 4.38.